The molecule has 0 saturated heterocycles. The summed E-state index contributed by atoms with van der Waals surface area (Å²) in [5, 5.41) is 3.67. The summed E-state index contributed by atoms with van der Waals surface area (Å²) in [6.45, 7) is 7.82. The maximum Gasteiger partial charge on any atom is 0.161 e. The zero-order valence-electron chi connectivity index (χ0n) is 12.5. The van der Waals surface area contributed by atoms with E-state index >= 15 is 0 Å². The van der Waals surface area contributed by atoms with E-state index in [2.05, 4.69) is 29.1 Å². The molecule has 0 aliphatic heterocycles. The lowest BCUT2D eigenvalue weighted by Crippen LogP contribution is -2.20. The predicted molar refractivity (Wildman–Crippen MR) is 83.7 cm³/mol. The number of nitrogens with zero attached hydrogens (tertiary/aromatic N) is 2. The van der Waals surface area contributed by atoms with E-state index in [1.54, 1.807) is 6.07 Å². The fourth-order valence-electron chi connectivity index (χ4n) is 2.00. The molecule has 1 N–H and O–H groups in total. The Bertz CT molecular complexity index is 629. The first-order valence-corrected chi connectivity index (χ1v) is 7.34. The van der Waals surface area contributed by atoms with Crippen LogP contribution in [0.5, 0.6) is 0 Å². The lowest BCUT2D eigenvalue weighted by Gasteiger charge is -2.10. The van der Waals surface area contributed by atoms with Gasteiger partial charge in [-0.2, -0.15) is 0 Å². The molecule has 112 valence electrons. The van der Waals surface area contributed by atoms with Crippen LogP contribution in [-0.2, 0) is 6.54 Å². The van der Waals surface area contributed by atoms with Crippen LogP contribution in [0.1, 0.15) is 25.2 Å². The first-order chi connectivity index (χ1) is 9.95. The van der Waals surface area contributed by atoms with Gasteiger partial charge in [0.25, 0.3) is 0 Å². The summed E-state index contributed by atoms with van der Waals surface area (Å²) < 4.78 is 13.1. The van der Waals surface area contributed by atoms with Crippen LogP contribution in [-0.4, -0.2) is 16.5 Å². The summed E-state index contributed by atoms with van der Waals surface area (Å²) in [6, 6.07) is 6.19. The van der Waals surface area contributed by atoms with Gasteiger partial charge < -0.3 is 5.32 Å². The molecule has 0 radical (unpaired) electrons. The van der Waals surface area contributed by atoms with Gasteiger partial charge in [0.1, 0.15) is 5.82 Å². The van der Waals surface area contributed by atoms with Crippen molar-refractivity contribution in [3.8, 4) is 11.4 Å². The van der Waals surface area contributed by atoms with Crippen molar-refractivity contribution in [2.45, 2.75) is 27.3 Å². The molecule has 0 unspecified atom stereocenters. The third-order valence-corrected chi connectivity index (χ3v) is 3.25. The normalized spacial score (nSPS) is 11.1. The highest BCUT2D eigenvalue weighted by Crippen LogP contribution is 2.26. The zero-order chi connectivity index (χ0) is 15.4. The van der Waals surface area contributed by atoms with Crippen molar-refractivity contribution in [1.82, 2.24) is 15.3 Å². The van der Waals surface area contributed by atoms with E-state index in [0.717, 1.165) is 17.9 Å². The number of benzene rings is 1. The smallest absolute Gasteiger partial charge is 0.161 e. The highest BCUT2D eigenvalue weighted by atomic mass is 35.5. The van der Waals surface area contributed by atoms with Gasteiger partial charge in [-0.05, 0) is 43.7 Å². The Labute approximate surface area is 129 Å². The van der Waals surface area contributed by atoms with Gasteiger partial charge in [-0.15, -0.1) is 0 Å². The molecule has 1 heterocycles. The summed E-state index contributed by atoms with van der Waals surface area (Å²) >= 11 is 6.08. The Balaban J connectivity index is 2.26. The number of halogens is 2. The number of aromatic nitrogens is 2. The molecule has 2 rings (SSSR count). The lowest BCUT2D eigenvalue weighted by atomic mass is 10.2. The predicted octanol–water partition coefficient (Wildman–Crippen LogP) is 3.99. The second-order valence-electron chi connectivity index (χ2n) is 5.47. The number of rotatable bonds is 5. The van der Waals surface area contributed by atoms with Gasteiger partial charge in [0.05, 0.1) is 10.7 Å². The van der Waals surface area contributed by atoms with E-state index in [1.807, 2.05) is 13.0 Å². The molecule has 2 aromatic rings. The molecule has 0 saturated carbocycles. The van der Waals surface area contributed by atoms with Crippen LogP contribution in [0.4, 0.5) is 4.39 Å². The molecule has 0 atom stereocenters. The maximum atomic E-state index is 13.1. The van der Waals surface area contributed by atoms with Crippen LogP contribution in [0.15, 0.2) is 24.3 Å². The van der Waals surface area contributed by atoms with Gasteiger partial charge in [-0.3, -0.25) is 0 Å². The summed E-state index contributed by atoms with van der Waals surface area (Å²) in [4.78, 5) is 8.90. The minimum atomic E-state index is -0.366. The van der Waals surface area contributed by atoms with Crippen LogP contribution in [0.3, 0.4) is 0 Å². The first-order valence-electron chi connectivity index (χ1n) is 6.96. The molecule has 21 heavy (non-hydrogen) atoms. The second kappa shape index (κ2) is 6.96. The molecule has 0 aliphatic carbocycles. The molecule has 0 aliphatic rings. The first kappa shape index (κ1) is 15.9. The van der Waals surface area contributed by atoms with Crippen LogP contribution in [0.25, 0.3) is 11.4 Å². The third kappa shape index (κ3) is 4.48. The lowest BCUT2D eigenvalue weighted by molar-refractivity contribution is 0.548. The van der Waals surface area contributed by atoms with E-state index in [4.69, 9.17) is 11.6 Å². The molecule has 0 amide bonds. The van der Waals surface area contributed by atoms with Crippen molar-refractivity contribution in [3.05, 3.63) is 46.5 Å². The van der Waals surface area contributed by atoms with Crippen molar-refractivity contribution in [2.75, 3.05) is 6.54 Å². The average molecular weight is 308 g/mol. The Hall–Kier alpha value is -1.52. The fourth-order valence-corrected chi connectivity index (χ4v) is 2.26. The van der Waals surface area contributed by atoms with Crippen LogP contribution < -0.4 is 5.32 Å². The van der Waals surface area contributed by atoms with E-state index in [-0.39, 0.29) is 5.82 Å². The fraction of sp³-hybridized carbons (Fsp3) is 0.375. The average Bonchev–Trinajstić information content (AvgIpc) is 2.37. The largest absolute Gasteiger partial charge is 0.311 e. The van der Waals surface area contributed by atoms with Crippen LogP contribution >= 0.6 is 11.6 Å². The van der Waals surface area contributed by atoms with Gasteiger partial charge in [-0.25, -0.2) is 14.4 Å². The number of hydrogen-bond acceptors (Lipinski definition) is 3. The molecule has 1 aromatic carbocycles. The van der Waals surface area contributed by atoms with Crippen molar-refractivity contribution < 1.29 is 4.39 Å². The summed E-state index contributed by atoms with van der Waals surface area (Å²) in [5.74, 6) is 0.746. The summed E-state index contributed by atoms with van der Waals surface area (Å²) in [6.07, 6.45) is 0. The van der Waals surface area contributed by atoms with Gasteiger partial charge in [0.15, 0.2) is 5.82 Å². The monoisotopic (exact) mass is 307 g/mol. The van der Waals surface area contributed by atoms with Crippen LogP contribution in [0.2, 0.25) is 5.02 Å². The molecular formula is C16H19ClFN3. The van der Waals surface area contributed by atoms with Gasteiger partial charge in [0, 0.05) is 17.8 Å². The number of nitrogens with one attached hydrogen (secondary N) is 1. The third-order valence-electron chi connectivity index (χ3n) is 2.94. The van der Waals surface area contributed by atoms with E-state index < -0.39 is 0 Å². The van der Waals surface area contributed by atoms with Crippen molar-refractivity contribution in [2.24, 2.45) is 5.92 Å². The van der Waals surface area contributed by atoms with E-state index in [1.165, 1.54) is 12.1 Å². The molecule has 5 heteroatoms. The van der Waals surface area contributed by atoms with Crippen molar-refractivity contribution >= 4 is 11.6 Å². The molecule has 0 bridgehead atoms. The van der Waals surface area contributed by atoms with Crippen molar-refractivity contribution in [1.29, 1.82) is 0 Å². The number of hydrogen-bond donors (Lipinski definition) is 1. The van der Waals surface area contributed by atoms with Gasteiger partial charge >= 0.3 is 0 Å². The Morgan fingerprint density at radius 1 is 1.24 bits per heavy atom. The maximum absolute atomic E-state index is 13.1. The highest BCUT2D eigenvalue weighted by Gasteiger charge is 2.10. The second-order valence-corrected chi connectivity index (χ2v) is 5.88. The summed E-state index contributed by atoms with van der Waals surface area (Å²) in [5.41, 5.74) is 2.41. The SMILES string of the molecule is Cc1cc(CNCC(C)C)nc(-c2ccc(F)cc2Cl)n1. The van der Waals surface area contributed by atoms with Gasteiger partial charge in [0.2, 0.25) is 0 Å². The van der Waals surface area contributed by atoms with E-state index in [0.29, 0.717) is 28.9 Å². The topological polar surface area (TPSA) is 37.8 Å². The minimum Gasteiger partial charge on any atom is -0.311 e. The van der Waals surface area contributed by atoms with Crippen molar-refractivity contribution in [3.63, 3.8) is 0 Å². The van der Waals surface area contributed by atoms with Gasteiger partial charge in [-0.1, -0.05) is 25.4 Å². The number of aryl methyl sites for hydroxylation is 1. The highest BCUT2D eigenvalue weighted by molar-refractivity contribution is 6.33. The zero-order valence-corrected chi connectivity index (χ0v) is 13.2. The Morgan fingerprint density at radius 2 is 2.00 bits per heavy atom. The standard InChI is InChI=1S/C16H19ClFN3/c1-10(2)8-19-9-13-6-11(3)20-16(21-13)14-5-4-12(18)7-15(14)17/h4-7,10,19H,8-9H2,1-3H3. The molecule has 0 spiro atoms. The molecular weight excluding hydrogens is 289 g/mol. The van der Waals surface area contributed by atoms with Crippen LogP contribution in [0, 0.1) is 18.7 Å². The van der Waals surface area contributed by atoms with E-state index in [9.17, 15) is 4.39 Å². The Morgan fingerprint density at radius 3 is 2.67 bits per heavy atom. The quantitative estimate of drug-likeness (QED) is 0.907. The summed E-state index contributed by atoms with van der Waals surface area (Å²) in [7, 11) is 0. The molecule has 0 fully saturated rings. The molecule has 1 aromatic heterocycles. The molecule has 3 nitrogen and oxygen atoms in total. The minimum absolute atomic E-state index is 0.321. The Kier molecular flexibility index (Phi) is 5.26.